The normalized spacial score (nSPS) is 17.3. The summed E-state index contributed by atoms with van der Waals surface area (Å²) in [7, 11) is 2.94. The molecule has 2 atom stereocenters. The molecule has 2 amide bonds. The smallest absolute Gasteiger partial charge is 0.387 e. The van der Waals surface area contributed by atoms with Gasteiger partial charge in [0.25, 0.3) is 17.7 Å². The number of hydrogen-bond acceptors (Lipinski definition) is 6. The third-order valence-corrected chi connectivity index (χ3v) is 6.27. The molecule has 0 unspecified atom stereocenters. The van der Waals surface area contributed by atoms with Gasteiger partial charge in [0.05, 0.1) is 25.3 Å². The van der Waals surface area contributed by atoms with Crippen LogP contribution in [0.4, 0.5) is 8.78 Å². The number of amides is 2. The third kappa shape index (κ3) is 5.96. The monoisotopic (exact) mass is 511 g/mol. The fraction of sp³-hybridized carbons (Fsp3) is 0.296. The molecule has 3 aromatic rings. The second kappa shape index (κ2) is 11.7. The van der Waals surface area contributed by atoms with E-state index < -0.39 is 12.5 Å². The van der Waals surface area contributed by atoms with Crippen molar-refractivity contribution in [2.24, 2.45) is 0 Å². The van der Waals surface area contributed by atoms with Gasteiger partial charge in [-0.15, -0.1) is 0 Å². The number of likely N-dealkylation sites (tertiary alicyclic amines) is 1. The van der Waals surface area contributed by atoms with E-state index in [-0.39, 0.29) is 35.1 Å². The Morgan fingerprint density at radius 2 is 1.76 bits per heavy atom. The highest BCUT2D eigenvalue weighted by molar-refractivity contribution is 5.97. The maximum Gasteiger partial charge on any atom is 0.387 e. The number of aromatic nitrogens is 1. The lowest BCUT2D eigenvalue weighted by atomic mass is 9.85. The zero-order valence-electron chi connectivity index (χ0n) is 20.4. The molecule has 194 valence electrons. The van der Waals surface area contributed by atoms with E-state index in [4.69, 9.17) is 9.47 Å². The molecule has 0 spiro atoms. The number of ether oxygens (including phenoxy) is 3. The molecule has 0 bridgehead atoms. The molecule has 2 aromatic carbocycles. The summed E-state index contributed by atoms with van der Waals surface area (Å²) >= 11 is 0. The Morgan fingerprint density at radius 1 is 1.03 bits per heavy atom. The first kappa shape index (κ1) is 25.9. The summed E-state index contributed by atoms with van der Waals surface area (Å²) in [6.07, 6.45) is 1.89. The van der Waals surface area contributed by atoms with Crippen molar-refractivity contribution in [2.45, 2.75) is 25.0 Å². The Hall–Kier alpha value is -4.21. The van der Waals surface area contributed by atoms with E-state index in [0.29, 0.717) is 30.8 Å². The van der Waals surface area contributed by atoms with Gasteiger partial charge in [-0.05, 0) is 24.1 Å². The Bertz CT molecular complexity index is 1240. The molecule has 2 heterocycles. The van der Waals surface area contributed by atoms with Gasteiger partial charge in [-0.2, -0.15) is 8.78 Å². The molecule has 0 radical (unpaired) electrons. The largest absolute Gasteiger partial charge is 0.491 e. The number of carbonyl (C=O) groups is 2. The second-order valence-corrected chi connectivity index (χ2v) is 8.45. The summed E-state index contributed by atoms with van der Waals surface area (Å²) in [6, 6.07) is 16.6. The number of rotatable bonds is 8. The van der Waals surface area contributed by atoms with Crippen LogP contribution in [0.2, 0.25) is 0 Å². The van der Waals surface area contributed by atoms with Crippen LogP contribution in [0, 0.1) is 0 Å². The predicted molar refractivity (Wildman–Crippen MR) is 131 cm³/mol. The van der Waals surface area contributed by atoms with Gasteiger partial charge in [0.15, 0.2) is 5.75 Å². The minimum atomic E-state index is -3.05. The van der Waals surface area contributed by atoms with Crippen LogP contribution >= 0.6 is 0 Å². The van der Waals surface area contributed by atoms with Crippen LogP contribution in [-0.4, -0.2) is 61.7 Å². The van der Waals surface area contributed by atoms with Crippen molar-refractivity contribution in [3.05, 3.63) is 83.6 Å². The van der Waals surface area contributed by atoms with Crippen LogP contribution in [0.25, 0.3) is 0 Å². The molecule has 1 saturated heterocycles. The second-order valence-electron chi connectivity index (χ2n) is 8.45. The number of carbonyl (C=O) groups excluding carboxylic acids is 2. The van der Waals surface area contributed by atoms with Gasteiger partial charge in [0.2, 0.25) is 0 Å². The van der Waals surface area contributed by atoms with Gasteiger partial charge in [-0.25, -0.2) is 4.98 Å². The van der Waals surface area contributed by atoms with Crippen molar-refractivity contribution in [2.75, 3.05) is 27.3 Å². The van der Waals surface area contributed by atoms with Crippen LogP contribution in [0.5, 0.6) is 17.4 Å². The maximum atomic E-state index is 13.4. The summed E-state index contributed by atoms with van der Waals surface area (Å²) in [5.41, 5.74) is 1.31. The van der Waals surface area contributed by atoms with Crippen molar-refractivity contribution in [3.63, 3.8) is 0 Å². The number of nitrogens with zero attached hydrogens (tertiary/aromatic N) is 2. The number of nitrogens with one attached hydrogen (secondary N) is 1. The molecule has 0 saturated carbocycles. The molecule has 1 aliphatic heterocycles. The fourth-order valence-electron chi connectivity index (χ4n) is 4.48. The molecule has 0 aliphatic carbocycles. The highest BCUT2D eigenvalue weighted by Gasteiger charge is 2.34. The standard InChI is InChI=1S/C27H27F2N3O5/c1-35-23-14-18(15-30-25(23)36-2)26(34)32-13-12-21(20(16-32)17-8-4-3-5-9-17)31-24(33)19-10-6-7-11-22(19)37-27(28)29/h3-11,14-15,20-21,27H,12-13,16H2,1-2H3,(H,31,33)/t20-,21+/m1/s1. The van der Waals surface area contributed by atoms with E-state index in [1.165, 1.54) is 38.6 Å². The van der Waals surface area contributed by atoms with Gasteiger partial charge in [-0.1, -0.05) is 42.5 Å². The van der Waals surface area contributed by atoms with Gasteiger partial charge in [0.1, 0.15) is 5.75 Å². The number of halogens is 2. The van der Waals surface area contributed by atoms with Crippen molar-refractivity contribution in [1.29, 1.82) is 0 Å². The molecule has 1 fully saturated rings. The first-order valence-corrected chi connectivity index (χ1v) is 11.7. The van der Waals surface area contributed by atoms with Crippen molar-refractivity contribution in [3.8, 4) is 17.4 Å². The summed E-state index contributed by atoms with van der Waals surface area (Å²) in [6.45, 7) is -2.35. The van der Waals surface area contributed by atoms with Gasteiger partial charge >= 0.3 is 6.61 Å². The minimum absolute atomic E-state index is 0.0181. The Kier molecular flexibility index (Phi) is 8.17. The van der Waals surface area contributed by atoms with Gasteiger partial charge < -0.3 is 24.4 Å². The number of para-hydroxylation sites is 1. The predicted octanol–water partition coefficient (Wildman–Crippen LogP) is 4.13. The molecule has 8 nitrogen and oxygen atoms in total. The number of methoxy groups -OCH3 is 2. The van der Waals surface area contributed by atoms with Gasteiger partial charge in [-0.3, -0.25) is 9.59 Å². The van der Waals surface area contributed by atoms with Crippen LogP contribution in [0.1, 0.15) is 38.6 Å². The number of hydrogen-bond donors (Lipinski definition) is 1. The van der Waals surface area contributed by atoms with E-state index in [2.05, 4.69) is 15.0 Å². The fourth-order valence-corrected chi connectivity index (χ4v) is 4.48. The van der Waals surface area contributed by atoms with E-state index in [9.17, 15) is 18.4 Å². The Balaban J connectivity index is 1.56. The summed E-state index contributed by atoms with van der Waals surface area (Å²) in [5, 5.41) is 2.98. The van der Waals surface area contributed by atoms with Crippen LogP contribution < -0.4 is 19.5 Å². The number of alkyl halides is 2. The molecule has 1 N–H and O–H groups in total. The lowest BCUT2D eigenvalue weighted by molar-refractivity contribution is -0.0501. The number of benzene rings is 2. The van der Waals surface area contributed by atoms with E-state index in [1.54, 1.807) is 17.0 Å². The zero-order valence-corrected chi connectivity index (χ0v) is 20.4. The molecule has 4 rings (SSSR count). The minimum Gasteiger partial charge on any atom is -0.491 e. The highest BCUT2D eigenvalue weighted by Crippen LogP contribution is 2.31. The van der Waals surface area contributed by atoms with Crippen LogP contribution in [0.3, 0.4) is 0 Å². The van der Waals surface area contributed by atoms with Crippen LogP contribution in [-0.2, 0) is 0 Å². The molecule has 1 aromatic heterocycles. The van der Waals surface area contributed by atoms with Crippen molar-refractivity contribution >= 4 is 11.8 Å². The van der Waals surface area contributed by atoms with E-state index in [0.717, 1.165) is 5.56 Å². The Labute approximate surface area is 213 Å². The van der Waals surface area contributed by atoms with E-state index >= 15 is 0 Å². The first-order valence-electron chi connectivity index (χ1n) is 11.7. The van der Waals surface area contributed by atoms with Gasteiger partial charge in [0, 0.05) is 37.3 Å². The van der Waals surface area contributed by atoms with Crippen molar-refractivity contribution in [1.82, 2.24) is 15.2 Å². The molecular weight excluding hydrogens is 484 g/mol. The SMILES string of the molecule is COc1cc(C(=O)N2CC[C@H](NC(=O)c3ccccc3OC(F)F)[C@@H](c3ccccc3)C2)cnc1OC. The van der Waals surface area contributed by atoms with Crippen molar-refractivity contribution < 1.29 is 32.6 Å². The quantitative estimate of drug-likeness (QED) is 0.489. The summed E-state index contributed by atoms with van der Waals surface area (Å²) < 4.78 is 40.7. The third-order valence-electron chi connectivity index (χ3n) is 6.27. The van der Waals surface area contributed by atoms with Crippen LogP contribution in [0.15, 0.2) is 66.9 Å². The molecular formula is C27H27F2N3O5. The molecule has 37 heavy (non-hydrogen) atoms. The Morgan fingerprint density at radius 3 is 2.46 bits per heavy atom. The maximum absolute atomic E-state index is 13.4. The summed E-state index contributed by atoms with van der Waals surface area (Å²) in [5.74, 6) is -0.557. The van der Waals surface area contributed by atoms with E-state index in [1.807, 2.05) is 30.3 Å². The average molecular weight is 512 g/mol. The summed E-state index contributed by atoms with van der Waals surface area (Å²) in [4.78, 5) is 32.3. The lowest BCUT2D eigenvalue weighted by Crippen LogP contribution is -2.51. The highest BCUT2D eigenvalue weighted by atomic mass is 19.3. The molecule has 10 heteroatoms. The lowest BCUT2D eigenvalue weighted by Gasteiger charge is -2.39. The number of piperidine rings is 1. The molecule has 1 aliphatic rings. The first-order chi connectivity index (χ1) is 17.9. The average Bonchev–Trinajstić information content (AvgIpc) is 2.92. The number of pyridine rings is 1. The zero-order chi connectivity index (χ0) is 26.4. The topological polar surface area (TPSA) is 90.0 Å².